The van der Waals surface area contributed by atoms with Gasteiger partial charge >= 0.3 is 0 Å². The molecule has 0 radical (unpaired) electrons. The Kier molecular flexibility index (Phi) is 5.50. The lowest BCUT2D eigenvalue weighted by atomic mass is 10.0. The Bertz CT molecular complexity index is 1340. The van der Waals surface area contributed by atoms with Gasteiger partial charge in [0.2, 0.25) is 0 Å². The van der Waals surface area contributed by atoms with Crippen molar-refractivity contribution in [3.63, 3.8) is 0 Å². The van der Waals surface area contributed by atoms with Crippen LogP contribution in [-0.2, 0) is 13.0 Å². The molecule has 0 atom stereocenters. The van der Waals surface area contributed by atoms with Crippen LogP contribution in [0.1, 0.15) is 17.0 Å². The highest BCUT2D eigenvalue weighted by Crippen LogP contribution is 2.26. The van der Waals surface area contributed by atoms with Crippen molar-refractivity contribution in [3.05, 3.63) is 124 Å². The molecule has 0 spiro atoms. The van der Waals surface area contributed by atoms with E-state index in [1.165, 1.54) is 16.7 Å². The SMILES string of the molecule is Clc1ccc(Cn2c(Cc3ccc(-c4ccccc4)cc3)nc3ccccc32)cc1Cl. The highest BCUT2D eigenvalue weighted by Gasteiger charge is 2.12. The van der Waals surface area contributed by atoms with Gasteiger partial charge in [0, 0.05) is 13.0 Å². The quantitative estimate of drug-likeness (QED) is 0.273. The summed E-state index contributed by atoms with van der Waals surface area (Å²) < 4.78 is 2.26. The predicted octanol–water partition coefficient (Wildman–Crippen LogP) is 7.65. The molecule has 0 saturated heterocycles. The topological polar surface area (TPSA) is 17.8 Å². The van der Waals surface area contributed by atoms with E-state index in [1.54, 1.807) is 0 Å². The number of para-hydroxylation sites is 2. The largest absolute Gasteiger partial charge is 0.323 e. The molecule has 1 aromatic heterocycles. The van der Waals surface area contributed by atoms with Crippen LogP contribution in [0.15, 0.2) is 97.1 Å². The van der Waals surface area contributed by atoms with Gasteiger partial charge in [0.05, 0.1) is 21.1 Å². The van der Waals surface area contributed by atoms with Crippen molar-refractivity contribution < 1.29 is 0 Å². The van der Waals surface area contributed by atoms with Crippen molar-refractivity contribution >= 4 is 34.2 Å². The zero-order chi connectivity index (χ0) is 21.2. The van der Waals surface area contributed by atoms with Gasteiger partial charge in [-0.3, -0.25) is 0 Å². The van der Waals surface area contributed by atoms with Crippen LogP contribution in [-0.4, -0.2) is 9.55 Å². The smallest absolute Gasteiger partial charge is 0.114 e. The minimum Gasteiger partial charge on any atom is -0.323 e. The fourth-order valence-electron chi connectivity index (χ4n) is 3.89. The lowest BCUT2D eigenvalue weighted by molar-refractivity contribution is 0.762. The number of hydrogen-bond donors (Lipinski definition) is 0. The average molecular weight is 443 g/mol. The predicted molar refractivity (Wildman–Crippen MR) is 130 cm³/mol. The normalized spacial score (nSPS) is 11.2. The fraction of sp³-hybridized carbons (Fsp3) is 0.0741. The van der Waals surface area contributed by atoms with E-state index in [-0.39, 0.29) is 0 Å². The number of nitrogens with zero attached hydrogens (tertiary/aromatic N) is 2. The fourth-order valence-corrected chi connectivity index (χ4v) is 4.21. The van der Waals surface area contributed by atoms with Gasteiger partial charge in [-0.2, -0.15) is 0 Å². The number of fused-ring (bicyclic) bond motifs is 1. The van der Waals surface area contributed by atoms with Crippen LogP contribution < -0.4 is 0 Å². The van der Waals surface area contributed by atoms with Crippen molar-refractivity contribution in [3.8, 4) is 11.1 Å². The molecule has 1 heterocycles. The summed E-state index contributed by atoms with van der Waals surface area (Å²) in [6.45, 7) is 0.689. The first-order chi connectivity index (χ1) is 15.2. The second-order valence-corrected chi connectivity index (χ2v) is 8.41. The first-order valence-corrected chi connectivity index (χ1v) is 11.0. The van der Waals surface area contributed by atoms with Crippen molar-refractivity contribution in [1.29, 1.82) is 0 Å². The molecule has 0 aliphatic rings. The maximum Gasteiger partial charge on any atom is 0.114 e. The number of rotatable bonds is 5. The van der Waals surface area contributed by atoms with E-state index in [4.69, 9.17) is 28.2 Å². The van der Waals surface area contributed by atoms with E-state index >= 15 is 0 Å². The van der Waals surface area contributed by atoms with Gasteiger partial charge in [0.15, 0.2) is 0 Å². The molecule has 4 aromatic carbocycles. The first kappa shape index (κ1) is 19.9. The number of imidazole rings is 1. The molecule has 0 aliphatic heterocycles. The maximum absolute atomic E-state index is 6.25. The average Bonchev–Trinajstić information content (AvgIpc) is 3.14. The van der Waals surface area contributed by atoms with Crippen molar-refractivity contribution in [1.82, 2.24) is 9.55 Å². The van der Waals surface area contributed by atoms with E-state index in [1.807, 2.05) is 36.4 Å². The molecule has 0 bridgehead atoms. The number of halogens is 2. The summed E-state index contributed by atoms with van der Waals surface area (Å²) in [7, 11) is 0. The van der Waals surface area contributed by atoms with Gasteiger partial charge in [-0.05, 0) is 46.5 Å². The molecule has 5 aromatic rings. The summed E-state index contributed by atoms with van der Waals surface area (Å²) in [5, 5.41) is 1.14. The highest BCUT2D eigenvalue weighted by atomic mass is 35.5. The lowest BCUT2D eigenvalue weighted by Crippen LogP contribution is -2.06. The van der Waals surface area contributed by atoms with Crippen molar-refractivity contribution in [2.45, 2.75) is 13.0 Å². The van der Waals surface area contributed by atoms with Crippen LogP contribution in [0.2, 0.25) is 10.0 Å². The van der Waals surface area contributed by atoms with Gasteiger partial charge in [-0.25, -0.2) is 4.98 Å². The summed E-state index contributed by atoms with van der Waals surface area (Å²) in [5.74, 6) is 1.03. The zero-order valence-corrected chi connectivity index (χ0v) is 18.3. The van der Waals surface area contributed by atoms with Gasteiger partial charge in [0.25, 0.3) is 0 Å². The maximum atomic E-state index is 6.25. The first-order valence-electron chi connectivity index (χ1n) is 10.2. The van der Waals surface area contributed by atoms with Crippen LogP contribution >= 0.6 is 23.2 Å². The Balaban J connectivity index is 1.48. The van der Waals surface area contributed by atoms with E-state index < -0.39 is 0 Å². The molecule has 0 N–H and O–H groups in total. The number of aromatic nitrogens is 2. The van der Waals surface area contributed by atoms with Gasteiger partial charge in [0.1, 0.15) is 5.82 Å². The minimum atomic E-state index is 0.569. The van der Waals surface area contributed by atoms with Crippen molar-refractivity contribution in [2.75, 3.05) is 0 Å². The second-order valence-electron chi connectivity index (χ2n) is 7.59. The Morgan fingerprint density at radius 2 is 1.32 bits per heavy atom. The molecule has 0 fully saturated rings. The molecule has 0 unspecified atom stereocenters. The van der Waals surface area contributed by atoms with Crippen LogP contribution in [0.4, 0.5) is 0 Å². The minimum absolute atomic E-state index is 0.569. The molecular formula is C27H20Cl2N2. The van der Waals surface area contributed by atoms with Gasteiger partial charge in [-0.1, -0.05) is 96.0 Å². The molecule has 0 aliphatic carbocycles. The van der Waals surface area contributed by atoms with E-state index in [2.05, 4.69) is 65.2 Å². The van der Waals surface area contributed by atoms with Crippen LogP contribution in [0, 0.1) is 0 Å². The summed E-state index contributed by atoms with van der Waals surface area (Å²) in [5.41, 5.74) is 6.88. The van der Waals surface area contributed by atoms with E-state index in [9.17, 15) is 0 Å². The van der Waals surface area contributed by atoms with Crippen LogP contribution in [0.25, 0.3) is 22.2 Å². The molecule has 152 valence electrons. The molecule has 0 amide bonds. The number of benzene rings is 4. The zero-order valence-electron chi connectivity index (χ0n) is 16.8. The monoisotopic (exact) mass is 442 g/mol. The molecule has 0 saturated carbocycles. The van der Waals surface area contributed by atoms with Crippen molar-refractivity contribution in [2.24, 2.45) is 0 Å². The van der Waals surface area contributed by atoms with Gasteiger partial charge < -0.3 is 4.57 Å². The second kappa shape index (κ2) is 8.58. The number of hydrogen-bond acceptors (Lipinski definition) is 1. The molecule has 4 heteroatoms. The Hall–Kier alpha value is -3.07. The molecule has 31 heavy (non-hydrogen) atoms. The summed E-state index contributed by atoms with van der Waals surface area (Å²) >= 11 is 12.4. The van der Waals surface area contributed by atoms with Gasteiger partial charge in [-0.15, -0.1) is 0 Å². The Labute approximate surface area is 191 Å². The third kappa shape index (κ3) is 4.23. The van der Waals surface area contributed by atoms with E-state index in [0.29, 0.717) is 16.6 Å². The summed E-state index contributed by atoms with van der Waals surface area (Å²) in [6.07, 6.45) is 0.755. The Morgan fingerprint density at radius 3 is 2.10 bits per heavy atom. The summed E-state index contributed by atoms with van der Waals surface area (Å²) in [6, 6.07) is 33.2. The van der Waals surface area contributed by atoms with E-state index in [0.717, 1.165) is 28.8 Å². The Morgan fingerprint density at radius 1 is 0.645 bits per heavy atom. The summed E-state index contributed by atoms with van der Waals surface area (Å²) in [4.78, 5) is 4.93. The standard InChI is InChI=1S/C27H20Cl2N2/c28-23-15-12-20(16-24(23)29)18-31-26-9-5-4-8-25(26)30-27(31)17-19-10-13-22(14-11-19)21-6-2-1-3-7-21/h1-16H,17-18H2. The third-order valence-electron chi connectivity index (χ3n) is 5.48. The molecule has 2 nitrogen and oxygen atoms in total. The lowest BCUT2D eigenvalue weighted by Gasteiger charge is -2.11. The molecule has 5 rings (SSSR count). The third-order valence-corrected chi connectivity index (χ3v) is 6.22. The molecular weight excluding hydrogens is 423 g/mol. The highest BCUT2D eigenvalue weighted by molar-refractivity contribution is 6.42. The van der Waals surface area contributed by atoms with Crippen LogP contribution in [0.3, 0.4) is 0 Å². The van der Waals surface area contributed by atoms with Crippen LogP contribution in [0.5, 0.6) is 0 Å².